The second-order valence-electron chi connectivity index (χ2n) is 4.00. The Morgan fingerprint density at radius 3 is 3.00 bits per heavy atom. The monoisotopic (exact) mass is 228 g/mol. The van der Waals surface area contributed by atoms with Crippen LogP contribution in [0, 0.1) is 12.3 Å². The third-order valence-corrected chi connectivity index (χ3v) is 2.90. The number of nitrogens with one attached hydrogen (secondary N) is 1. The number of unbranched alkanes of at least 4 members (excludes halogenated alkanes) is 1. The number of hydrogen-bond donors (Lipinski definition) is 2. The van der Waals surface area contributed by atoms with Gasteiger partial charge in [-0.15, -0.1) is 12.3 Å². The van der Waals surface area contributed by atoms with Gasteiger partial charge in [0.25, 0.3) is 0 Å². The minimum absolute atomic E-state index is 0.0898. The van der Waals surface area contributed by atoms with Crippen molar-refractivity contribution in [2.24, 2.45) is 5.84 Å². The molecule has 0 spiro atoms. The molecule has 1 atom stereocenters. The molecule has 2 rings (SSSR count). The molecule has 0 aliphatic carbocycles. The summed E-state index contributed by atoms with van der Waals surface area (Å²) in [6.07, 6.45) is 9.64. The summed E-state index contributed by atoms with van der Waals surface area (Å²) in [6.45, 7) is 0. The summed E-state index contributed by atoms with van der Waals surface area (Å²) < 4.78 is 5.50. The molecular weight excluding hydrogens is 212 g/mol. The summed E-state index contributed by atoms with van der Waals surface area (Å²) in [5, 5.41) is 1.11. The van der Waals surface area contributed by atoms with Gasteiger partial charge in [-0.25, -0.2) is 0 Å². The molecule has 0 amide bonds. The highest BCUT2D eigenvalue weighted by atomic mass is 16.3. The second kappa shape index (κ2) is 5.53. The predicted molar refractivity (Wildman–Crippen MR) is 69.0 cm³/mol. The smallest absolute Gasteiger partial charge is 0.134 e. The Morgan fingerprint density at radius 1 is 1.41 bits per heavy atom. The van der Waals surface area contributed by atoms with E-state index in [2.05, 4.69) is 11.3 Å². The van der Waals surface area contributed by atoms with Crippen molar-refractivity contribution < 1.29 is 4.42 Å². The molecule has 88 valence electrons. The number of furan rings is 1. The number of fused-ring (bicyclic) bond motifs is 1. The van der Waals surface area contributed by atoms with Crippen LogP contribution in [0.1, 0.15) is 30.9 Å². The van der Waals surface area contributed by atoms with Crippen molar-refractivity contribution >= 4 is 11.0 Å². The second-order valence-corrected chi connectivity index (χ2v) is 4.00. The largest absolute Gasteiger partial charge is 0.464 e. The van der Waals surface area contributed by atoms with Crippen molar-refractivity contribution in [3.63, 3.8) is 0 Å². The zero-order chi connectivity index (χ0) is 12.1. The number of rotatable bonds is 5. The van der Waals surface area contributed by atoms with Crippen LogP contribution >= 0.6 is 0 Å². The maximum Gasteiger partial charge on any atom is 0.134 e. The van der Waals surface area contributed by atoms with Crippen LogP contribution in [0.25, 0.3) is 11.0 Å². The van der Waals surface area contributed by atoms with Crippen molar-refractivity contribution in [1.82, 2.24) is 5.43 Å². The molecule has 3 heteroatoms. The molecule has 17 heavy (non-hydrogen) atoms. The maximum absolute atomic E-state index is 5.59. The summed E-state index contributed by atoms with van der Waals surface area (Å²) in [4.78, 5) is 0. The quantitative estimate of drug-likeness (QED) is 0.358. The highest BCUT2D eigenvalue weighted by Crippen LogP contribution is 2.28. The van der Waals surface area contributed by atoms with Crippen molar-refractivity contribution in [2.75, 3.05) is 0 Å². The number of hydrogen-bond acceptors (Lipinski definition) is 3. The summed E-state index contributed by atoms with van der Waals surface area (Å²) in [5.74, 6) is 8.23. The molecule has 1 unspecified atom stereocenters. The lowest BCUT2D eigenvalue weighted by Gasteiger charge is -2.13. The molecule has 1 aromatic heterocycles. The van der Waals surface area contributed by atoms with E-state index in [1.54, 1.807) is 6.26 Å². The number of terminal acetylenes is 1. The first kappa shape index (κ1) is 11.7. The number of hydrazine groups is 1. The zero-order valence-corrected chi connectivity index (χ0v) is 9.65. The van der Waals surface area contributed by atoms with Gasteiger partial charge >= 0.3 is 0 Å². The van der Waals surface area contributed by atoms with Gasteiger partial charge in [0.15, 0.2) is 0 Å². The van der Waals surface area contributed by atoms with Gasteiger partial charge in [0.1, 0.15) is 5.58 Å². The topological polar surface area (TPSA) is 51.2 Å². The summed E-state index contributed by atoms with van der Waals surface area (Å²) in [7, 11) is 0. The first-order valence-electron chi connectivity index (χ1n) is 5.72. The molecule has 0 radical (unpaired) electrons. The van der Waals surface area contributed by atoms with E-state index in [0.29, 0.717) is 0 Å². The summed E-state index contributed by atoms with van der Waals surface area (Å²) in [6, 6.07) is 8.04. The van der Waals surface area contributed by atoms with E-state index < -0.39 is 0 Å². The van der Waals surface area contributed by atoms with Crippen molar-refractivity contribution in [2.45, 2.75) is 25.3 Å². The van der Waals surface area contributed by atoms with Gasteiger partial charge in [0.2, 0.25) is 0 Å². The van der Waals surface area contributed by atoms with Crippen LogP contribution in [0.5, 0.6) is 0 Å². The van der Waals surface area contributed by atoms with Crippen LogP contribution in [0.4, 0.5) is 0 Å². The summed E-state index contributed by atoms with van der Waals surface area (Å²) in [5.41, 5.74) is 4.81. The van der Waals surface area contributed by atoms with E-state index in [1.165, 1.54) is 0 Å². The van der Waals surface area contributed by atoms with Crippen LogP contribution in [0.2, 0.25) is 0 Å². The Kier molecular flexibility index (Phi) is 3.81. The van der Waals surface area contributed by atoms with Crippen LogP contribution in [-0.4, -0.2) is 0 Å². The van der Waals surface area contributed by atoms with Gasteiger partial charge < -0.3 is 4.42 Å². The highest BCUT2D eigenvalue weighted by molar-refractivity contribution is 5.81. The van der Waals surface area contributed by atoms with Gasteiger partial charge in [-0.05, 0) is 18.9 Å². The van der Waals surface area contributed by atoms with Gasteiger partial charge in [-0.2, -0.15) is 0 Å². The van der Waals surface area contributed by atoms with Gasteiger partial charge in [-0.3, -0.25) is 11.3 Å². The molecule has 0 fully saturated rings. The fourth-order valence-corrected chi connectivity index (χ4v) is 2.01. The summed E-state index contributed by atoms with van der Waals surface area (Å²) >= 11 is 0. The average Bonchev–Trinajstić information content (AvgIpc) is 2.79. The number of para-hydroxylation sites is 1. The van der Waals surface area contributed by atoms with Crippen LogP contribution in [0.15, 0.2) is 34.9 Å². The lowest BCUT2D eigenvalue weighted by atomic mass is 10.0. The molecule has 0 aliphatic rings. The Morgan fingerprint density at radius 2 is 2.24 bits per heavy atom. The lowest BCUT2D eigenvalue weighted by Crippen LogP contribution is -2.27. The van der Waals surface area contributed by atoms with Crippen molar-refractivity contribution in [3.05, 3.63) is 36.1 Å². The normalized spacial score (nSPS) is 12.5. The first-order valence-corrected chi connectivity index (χ1v) is 5.72. The third-order valence-electron chi connectivity index (χ3n) is 2.90. The molecule has 0 aliphatic heterocycles. The molecular formula is C14H16N2O. The SMILES string of the molecule is C#CCCCC(NN)c1coc2ccccc12. The lowest BCUT2D eigenvalue weighted by molar-refractivity contribution is 0.495. The van der Waals surface area contributed by atoms with E-state index in [0.717, 1.165) is 35.8 Å². The molecule has 0 saturated carbocycles. The average molecular weight is 228 g/mol. The van der Waals surface area contributed by atoms with Crippen molar-refractivity contribution in [1.29, 1.82) is 0 Å². The van der Waals surface area contributed by atoms with E-state index in [9.17, 15) is 0 Å². The zero-order valence-electron chi connectivity index (χ0n) is 9.65. The Balaban J connectivity index is 2.21. The standard InChI is InChI=1S/C14H16N2O/c1-2-3-4-8-13(16-15)12-10-17-14-9-6-5-7-11(12)14/h1,5-7,9-10,13,16H,3-4,8,15H2. The molecule has 1 heterocycles. The Labute approximate surface area is 101 Å². The predicted octanol–water partition coefficient (Wildman–Crippen LogP) is 2.74. The van der Waals surface area contributed by atoms with Gasteiger partial charge in [0, 0.05) is 23.4 Å². The van der Waals surface area contributed by atoms with Gasteiger partial charge in [-0.1, -0.05) is 18.2 Å². The van der Waals surface area contributed by atoms with Gasteiger partial charge in [0.05, 0.1) is 6.26 Å². The van der Waals surface area contributed by atoms with Crippen LogP contribution < -0.4 is 11.3 Å². The third kappa shape index (κ3) is 2.50. The fraction of sp³-hybridized carbons (Fsp3) is 0.286. The van der Waals surface area contributed by atoms with Crippen LogP contribution in [-0.2, 0) is 0 Å². The maximum atomic E-state index is 5.59. The Hall–Kier alpha value is -1.76. The Bertz CT molecular complexity index is 524. The molecule has 3 N–H and O–H groups in total. The van der Waals surface area contributed by atoms with Crippen molar-refractivity contribution in [3.8, 4) is 12.3 Å². The van der Waals surface area contributed by atoms with E-state index in [-0.39, 0.29) is 6.04 Å². The van der Waals surface area contributed by atoms with E-state index in [1.807, 2.05) is 24.3 Å². The molecule has 3 nitrogen and oxygen atoms in total. The van der Waals surface area contributed by atoms with Crippen LogP contribution in [0.3, 0.4) is 0 Å². The number of benzene rings is 1. The first-order chi connectivity index (χ1) is 8.36. The molecule has 0 bridgehead atoms. The van der Waals surface area contributed by atoms with E-state index >= 15 is 0 Å². The minimum Gasteiger partial charge on any atom is -0.464 e. The highest BCUT2D eigenvalue weighted by Gasteiger charge is 2.14. The fourth-order valence-electron chi connectivity index (χ4n) is 2.01. The number of nitrogens with two attached hydrogens (primary N) is 1. The molecule has 2 aromatic rings. The van der Waals surface area contributed by atoms with E-state index in [4.69, 9.17) is 16.7 Å². The minimum atomic E-state index is 0.0898. The molecule has 0 saturated heterocycles. The molecule has 1 aromatic carbocycles.